The number of rotatable bonds is 6. The molecular weight excluding hydrogens is 395 g/mol. The van der Waals surface area contributed by atoms with Crippen LogP contribution in [-0.4, -0.2) is 32.2 Å². The molecule has 0 aliphatic heterocycles. The second-order valence-electron chi connectivity index (χ2n) is 6.07. The van der Waals surface area contributed by atoms with Gasteiger partial charge in [-0.2, -0.15) is 0 Å². The summed E-state index contributed by atoms with van der Waals surface area (Å²) < 4.78 is 35.5. The predicted octanol–water partition coefficient (Wildman–Crippen LogP) is 2.70. The van der Waals surface area contributed by atoms with Crippen LogP contribution in [0.15, 0.2) is 36.4 Å². The molecular formula is C18H18ClFN2O4S. The second-order valence-corrected chi connectivity index (χ2v) is 8.61. The van der Waals surface area contributed by atoms with Crippen molar-refractivity contribution in [1.29, 1.82) is 0 Å². The third kappa shape index (κ3) is 6.33. The van der Waals surface area contributed by atoms with Gasteiger partial charge in [0.1, 0.15) is 11.6 Å². The summed E-state index contributed by atoms with van der Waals surface area (Å²) in [5.74, 6) is -2.22. The van der Waals surface area contributed by atoms with Gasteiger partial charge in [-0.1, -0.05) is 23.7 Å². The van der Waals surface area contributed by atoms with Crippen LogP contribution in [0.25, 0.3) is 0 Å². The van der Waals surface area contributed by atoms with E-state index in [9.17, 15) is 22.4 Å². The molecule has 27 heavy (non-hydrogen) atoms. The molecule has 2 amide bonds. The molecule has 0 saturated carbocycles. The Morgan fingerprint density at radius 3 is 2.48 bits per heavy atom. The minimum atomic E-state index is -3.46. The molecule has 6 nitrogen and oxygen atoms in total. The molecule has 0 fully saturated rings. The number of anilines is 1. The Morgan fingerprint density at radius 2 is 1.85 bits per heavy atom. The van der Waals surface area contributed by atoms with Crippen LogP contribution in [0.1, 0.15) is 21.5 Å². The van der Waals surface area contributed by atoms with Crippen molar-refractivity contribution in [3.05, 3.63) is 63.9 Å². The fraction of sp³-hybridized carbons (Fsp3) is 0.222. The van der Waals surface area contributed by atoms with Crippen molar-refractivity contribution in [3.63, 3.8) is 0 Å². The summed E-state index contributed by atoms with van der Waals surface area (Å²) in [7, 11) is -3.46. The van der Waals surface area contributed by atoms with Crippen molar-refractivity contribution >= 4 is 38.9 Å². The van der Waals surface area contributed by atoms with Gasteiger partial charge in [-0.25, -0.2) is 12.8 Å². The van der Waals surface area contributed by atoms with Gasteiger partial charge in [-0.3, -0.25) is 9.59 Å². The smallest absolute Gasteiger partial charge is 0.251 e. The molecule has 0 bridgehead atoms. The highest BCUT2D eigenvalue weighted by atomic mass is 35.5. The summed E-state index contributed by atoms with van der Waals surface area (Å²) in [5.41, 5.74) is 1.85. The first-order valence-electron chi connectivity index (χ1n) is 7.85. The fourth-order valence-electron chi connectivity index (χ4n) is 2.26. The minimum Gasteiger partial charge on any atom is -0.348 e. The first kappa shape index (κ1) is 20.9. The number of benzene rings is 2. The molecule has 0 saturated heterocycles. The first-order chi connectivity index (χ1) is 12.5. The number of amides is 2. The van der Waals surface area contributed by atoms with Gasteiger partial charge in [0.15, 0.2) is 9.84 Å². The Labute approximate surface area is 161 Å². The van der Waals surface area contributed by atoms with Crippen LogP contribution < -0.4 is 10.6 Å². The van der Waals surface area contributed by atoms with Crippen molar-refractivity contribution in [2.45, 2.75) is 13.5 Å². The minimum absolute atomic E-state index is 0.0988. The van der Waals surface area contributed by atoms with Crippen molar-refractivity contribution < 1.29 is 22.4 Å². The lowest BCUT2D eigenvalue weighted by Gasteiger charge is -2.11. The topological polar surface area (TPSA) is 92.3 Å². The highest BCUT2D eigenvalue weighted by Crippen LogP contribution is 2.19. The van der Waals surface area contributed by atoms with E-state index in [1.54, 1.807) is 19.1 Å². The van der Waals surface area contributed by atoms with Crippen LogP contribution in [0, 0.1) is 12.7 Å². The number of nitrogens with one attached hydrogen (secondary N) is 2. The monoisotopic (exact) mass is 412 g/mol. The zero-order valence-corrected chi connectivity index (χ0v) is 16.2. The van der Waals surface area contributed by atoms with Gasteiger partial charge >= 0.3 is 0 Å². The van der Waals surface area contributed by atoms with Crippen molar-refractivity contribution in [3.8, 4) is 0 Å². The van der Waals surface area contributed by atoms with Gasteiger partial charge in [0, 0.05) is 29.1 Å². The maximum absolute atomic E-state index is 13.1. The van der Waals surface area contributed by atoms with E-state index in [1.165, 1.54) is 18.2 Å². The summed E-state index contributed by atoms with van der Waals surface area (Å²) in [6, 6.07) is 8.54. The molecule has 0 radical (unpaired) electrons. The number of carbonyl (C=O) groups excluding carboxylic acids is 2. The molecule has 0 heterocycles. The molecule has 0 aliphatic rings. The average molecular weight is 413 g/mol. The predicted molar refractivity (Wildman–Crippen MR) is 102 cm³/mol. The van der Waals surface area contributed by atoms with Gasteiger partial charge in [-0.15, -0.1) is 0 Å². The summed E-state index contributed by atoms with van der Waals surface area (Å²) in [6.45, 7) is 1.82. The van der Waals surface area contributed by atoms with Crippen LogP contribution in [0.2, 0.25) is 5.02 Å². The Bertz CT molecular complexity index is 993. The van der Waals surface area contributed by atoms with Crippen LogP contribution in [0.5, 0.6) is 0 Å². The Hall–Kier alpha value is -2.45. The molecule has 2 aromatic rings. The van der Waals surface area contributed by atoms with Crippen molar-refractivity contribution in [2.75, 3.05) is 17.3 Å². The standard InChI is InChI=1S/C18H18ClFN2O4S/c1-11-3-4-12(7-16(11)22-17(23)10-27(2,25)26)18(24)21-9-13-5-6-14(20)8-15(13)19/h3-8H,9-10H2,1-2H3,(H,21,24)(H,22,23). The van der Waals surface area contributed by atoms with E-state index in [0.717, 1.165) is 12.3 Å². The fourth-order valence-corrected chi connectivity index (χ4v) is 3.05. The summed E-state index contributed by atoms with van der Waals surface area (Å²) >= 11 is 5.93. The number of halogens is 2. The zero-order valence-electron chi connectivity index (χ0n) is 14.7. The highest BCUT2D eigenvalue weighted by molar-refractivity contribution is 7.91. The maximum Gasteiger partial charge on any atom is 0.251 e. The lowest BCUT2D eigenvalue weighted by molar-refractivity contribution is -0.113. The van der Waals surface area contributed by atoms with Crippen LogP contribution in [0.4, 0.5) is 10.1 Å². The Kier molecular flexibility index (Phi) is 6.56. The van der Waals surface area contributed by atoms with Crippen LogP contribution in [0.3, 0.4) is 0 Å². The highest BCUT2D eigenvalue weighted by Gasteiger charge is 2.14. The number of carbonyl (C=O) groups is 2. The van der Waals surface area contributed by atoms with E-state index in [4.69, 9.17) is 11.6 Å². The summed E-state index contributed by atoms with van der Waals surface area (Å²) in [4.78, 5) is 24.1. The van der Waals surface area contributed by atoms with Gasteiger partial charge in [0.25, 0.3) is 5.91 Å². The molecule has 9 heteroatoms. The van der Waals surface area contributed by atoms with Gasteiger partial charge in [0.05, 0.1) is 0 Å². The maximum atomic E-state index is 13.1. The average Bonchev–Trinajstić information content (AvgIpc) is 2.54. The molecule has 0 aromatic heterocycles. The molecule has 144 valence electrons. The van der Waals surface area contributed by atoms with Gasteiger partial charge in [-0.05, 0) is 42.3 Å². The molecule has 0 atom stereocenters. The van der Waals surface area contributed by atoms with Crippen molar-refractivity contribution in [1.82, 2.24) is 5.32 Å². The van der Waals surface area contributed by atoms with E-state index in [2.05, 4.69) is 10.6 Å². The third-order valence-electron chi connectivity index (χ3n) is 3.62. The largest absolute Gasteiger partial charge is 0.348 e. The lowest BCUT2D eigenvalue weighted by atomic mass is 10.1. The van der Waals surface area contributed by atoms with E-state index in [1.807, 2.05) is 0 Å². The Balaban J connectivity index is 2.09. The van der Waals surface area contributed by atoms with Crippen LogP contribution >= 0.6 is 11.6 Å². The van der Waals surface area contributed by atoms with Gasteiger partial charge in [0.2, 0.25) is 5.91 Å². The SMILES string of the molecule is Cc1ccc(C(=O)NCc2ccc(F)cc2Cl)cc1NC(=O)CS(C)(=O)=O. The van der Waals surface area contributed by atoms with E-state index < -0.39 is 33.2 Å². The van der Waals surface area contributed by atoms with Crippen molar-refractivity contribution in [2.24, 2.45) is 0 Å². The normalized spacial score (nSPS) is 11.1. The van der Waals surface area contributed by atoms with E-state index >= 15 is 0 Å². The molecule has 2 N–H and O–H groups in total. The second kappa shape index (κ2) is 8.49. The Morgan fingerprint density at radius 1 is 1.15 bits per heavy atom. The van der Waals surface area contributed by atoms with Gasteiger partial charge < -0.3 is 10.6 Å². The number of sulfone groups is 1. The summed E-state index contributed by atoms with van der Waals surface area (Å²) in [6.07, 6.45) is 0.962. The number of hydrogen-bond acceptors (Lipinski definition) is 4. The molecule has 0 unspecified atom stereocenters. The third-order valence-corrected chi connectivity index (χ3v) is 4.76. The lowest BCUT2D eigenvalue weighted by Crippen LogP contribution is -2.24. The quantitative estimate of drug-likeness (QED) is 0.763. The zero-order chi connectivity index (χ0) is 20.2. The van der Waals surface area contributed by atoms with Crippen LogP contribution in [-0.2, 0) is 21.2 Å². The molecule has 2 aromatic carbocycles. The molecule has 0 aliphatic carbocycles. The first-order valence-corrected chi connectivity index (χ1v) is 10.3. The molecule has 2 rings (SSSR count). The number of hydrogen-bond donors (Lipinski definition) is 2. The van der Waals surface area contributed by atoms with E-state index in [0.29, 0.717) is 16.8 Å². The molecule has 0 spiro atoms. The van der Waals surface area contributed by atoms with E-state index in [-0.39, 0.29) is 17.1 Å². The summed E-state index contributed by atoms with van der Waals surface area (Å²) in [5, 5.41) is 5.35. The number of aryl methyl sites for hydroxylation is 1.